The zero-order valence-electron chi connectivity index (χ0n) is 9.05. The number of carbonyl (C=O) groups is 1. The van der Waals surface area contributed by atoms with Crippen LogP contribution in [0.1, 0.15) is 12.5 Å². The first-order chi connectivity index (χ1) is 8.04. The number of carbonyl (C=O) groups excluding carboxylic acids is 1. The fourth-order valence-electron chi connectivity index (χ4n) is 1.13. The highest BCUT2D eigenvalue weighted by Gasteiger charge is 2.08. The van der Waals surface area contributed by atoms with Crippen LogP contribution in [0.4, 0.5) is 5.69 Å². The van der Waals surface area contributed by atoms with Gasteiger partial charge in [-0.05, 0) is 34.5 Å². The van der Waals surface area contributed by atoms with Gasteiger partial charge in [0.05, 0.1) is 11.5 Å². The van der Waals surface area contributed by atoms with Crippen molar-refractivity contribution in [3.8, 4) is 0 Å². The van der Waals surface area contributed by atoms with E-state index in [1.165, 1.54) is 18.2 Å². The quantitative estimate of drug-likeness (QED) is 0.371. The van der Waals surface area contributed by atoms with Crippen LogP contribution in [-0.2, 0) is 9.53 Å². The molecule has 0 aliphatic carbocycles. The van der Waals surface area contributed by atoms with Crippen LogP contribution in [0.3, 0.4) is 0 Å². The number of hydrogen-bond acceptors (Lipinski definition) is 4. The molecule has 0 aliphatic heterocycles. The third-order valence-corrected chi connectivity index (χ3v) is 2.40. The number of halogens is 1. The second-order valence-corrected chi connectivity index (χ2v) is 3.92. The van der Waals surface area contributed by atoms with Crippen LogP contribution in [0.5, 0.6) is 0 Å². The van der Waals surface area contributed by atoms with E-state index in [9.17, 15) is 14.9 Å². The zero-order chi connectivity index (χ0) is 12.8. The second kappa shape index (κ2) is 6.15. The van der Waals surface area contributed by atoms with Gasteiger partial charge in [0.1, 0.15) is 4.48 Å². The van der Waals surface area contributed by atoms with Crippen LogP contribution in [0.15, 0.2) is 28.7 Å². The third kappa shape index (κ3) is 3.99. The fraction of sp³-hybridized carbons (Fsp3) is 0.182. The van der Waals surface area contributed by atoms with E-state index in [2.05, 4.69) is 15.9 Å². The van der Waals surface area contributed by atoms with Gasteiger partial charge in [0.15, 0.2) is 0 Å². The molecule has 0 heterocycles. The number of nitrogens with zero attached hydrogens (tertiary/aromatic N) is 1. The summed E-state index contributed by atoms with van der Waals surface area (Å²) in [6, 6.07) is 5.97. The van der Waals surface area contributed by atoms with Crippen LogP contribution < -0.4 is 0 Å². The molecule has 0 atom stereocenters. The van der Waals surface area contributed by atoms with Crippen LogP contribution in [0, 0.1) is 10.1 Å². The standard InChI is InChI=1S/C11H10BrNO4/c1-2-17-11(14)10(12)7-8-4-3-5-9(6-8)13(15)16/h3-7H,2H2,1H3. The molecular weight excluding hydrogens is 290 g/mol. The Morgan fingerprint density at radius 3 is 2.88 bits per heavy atom. The molecule has 90 valence electrons. The van der Waals surface area contributed by atoms with Crippen molar-refractivity contribution in [2.75, 3.05) is 6.61 Å². The van der Waals surface area contributed by atoms with E-state index in [1.807, 2.05) is 0 Å². The summed E-state index contributed by atoms with van der Waals surface area (Å²) < 4.78 is 4.99. The summed E-state index contributed by atoms with van der Waals surface area (Å²) in [6.07, 6.45) is 1.48. The predicted octanol–water partition coefficient (Wildman–Crippen LogP) is 2.89. The first kappa shape index (κ1) is 13.4. The Kier molecular flexibility index (Phi) is 4.84. The van der Waals surface area contributed by atoms with Crippen molar-refractivity contribution >= 4 is 33.7 Å². The highest BCUT2D eigenvalue weighted by Crippen LogP contribution is 2.18. The molecule has 5 nitrogen and oxygen atoms in total. The molecule has 0 aliphatic rings. The van der Waals surface area contributed by atoms with Gasteiger partial charge in [0.2, 0.25) is 0 Å². The first-order valence-electron chi connectivity index (χ1n) is 4.83. The largest absolute Gasteiger partial charge is 0.462 e. The molecule has 0 radical (unpaired) electrons. The molecule has 1 aromatic carbocycles. The van der Waals surface area contributed by atoms with E-state index in [1.54, 1.807) is 19.1 Å². The molecule has 0 N–H and O–H groups in total. The summed E-state index contributed by atoms with van der Waals surface area (Å²) in [5, 5.41) is 10.6. The molecular formula is C11H10BrNO4. The van der Waals surface area contributed by atoms with E-state index < -0.39 is 10.9 Å². The van der Waals surface area contributed by atoms with Gasteiger partial charge in [-0.15, -0.1) is 0 Å². The number of hydrogen-bond donors (Lipinski definition) is 0. The van der Waals surface area contributed by atoms with E-state index in [0.29, 0.717) is 5.56 Å². The van der Waals surface area contributed by atoms with Crippen LogP contribution in [-0.4, -0.2) is 17.5 Å². The van der Waals surface area contributed by atoms with Crippen LogP contribution >= 0.6 is 15.9 Å². The van der Waals surface area contributed by atoms with Crippen molar-refractivity contribution in [3.05, 3.63) is 44.4 Å². The van der Waals surface area contributed by atoms with Crippen LogP contribution in [0.25, 0.3) is 6.08 Å². The smallest absolute Gasteiger partial charge is 0.345 e. The van der Waals surface area contributed by atoms with E-state index in [4.69, 9.17) is 4.74 Å². The third-order valence-electron chi connectivity index (χ3n) is 1.84. The lowest BCUT2D eigenvalue weighted by atomic mass is 10.2. The Hall–Kier alpha value is -1.69. The van der Waals surface area contributed by atoms with Crippen molar-refractivity contribution in [1.82, 2.24) is 0 Å². The summed E-state index contributed by atoms with van der Waals surface area (Å²) in [6.45, 7) is 1.97. The predicted molar refractivity (Wildman–Crippen MR) is 66.6 cm³/mol. The number of non-ortho nitro benzene ring substituents is 1. The number of nitro benzene ring substituents is 1. The van der Waals surface area contributed by atoms with Crippen molar-refractivity contribution in [3.63, 3.8) is 0 Å². The SMILES string of the molecule is CCOC(=O)C(Br)=Cc1cccc([N+](=O)[O-])c1. The Morgan fingerprint density at radius 1 is 1.59 bits per heavy atom. The summed E-state index contributed by atoms with van der Waals surface area (Å²) in [4.78, 5) is 21.4. The molecule has 0 saturated carbocycles. The highest BCUT2D eigenvalue weighted by molar-refractivity contribution is 9.12. The second-order valence-electron chi connectivity index (χ2n) is 3.06. The lowest BCUT2D eigenvalue weighted by Gasteiger charge is -2.00. The van der Waals surface area contributed by atoms with Gasteiger partial charge in [0, 0.05) is 12.1 Å². The summed E-state index contributed by atoms with van der Waals surface area (Å²) in [5.74, 6) is -0.501. The minimum atomic E-state index is -0.501. The highest BCUT2D eigenvalue weighted by atomic mass is 79.9. The number of ether oxygens (including phenoxy) is 1. The summed E-state index contributed by atoms with van der Waals surface area (Å²) in [5.41, 5.74) is 0.530. The lowest BCUT2D eigenvalue weighted by Crippen LogP contribution is -2.03. The Bertz CT molecular complexity index is 470. The molecule has 6 heteroatoms. The normalized spacial score (nSPS) is 11.1. The number of esters is 1. The Morgan fingerprint density at radius 2 is 2.29 bits per heavy atom. The molecule has 17 heavy (non-hydrogen) atoms. The van der Waals surface area contributed by atoms with Crippen LogP contribution in [0.2, 0.25) is 0 Å². The maximum absolute atomic E-state index is 11.3. The molecule has 0 spiro atoms. The zero-order valence-corrected chi connectivity index (χ0v) is 10.6. The number of rotatable bonds is 4. The maximum Gasteiger partial charge on any atom is 0.345 e. The monoisotopic (exact) mass is 299 g/mol. The molecule has 0 amide bonds. The molecule has 0 saturated heterocycles. The van der Waals surface area contributed by atoms with Crippen molar-refractivity contribution in [2.45, 2.75) is 6.92 Å². The van der Waals surface area contributed by atoms with Gasteiger partial charge >= 0.3 is 5.97 Å². The number of nitro groups is 1. The van der Waals surface area contributed by atoms with Gasteiger partial charge < -0.3 is 4.74 Å². The lowest BCUT2D eigenvalue weighted by molar-refractivity contribution is -0.384. The van der Waals surface area contributed by atoms with Gasteiger partial charge in [0.25, 0.3) is 5.69 Å². The first-order valence-corrected chi connectivity index (χ1v) is 5.62. The maximum atomic E-state index is 11.3. The average Bonchev–Trinajstić information content (AvgIpc) is 2.29. The molecule has 1 aromatic rings. The molecule has 1 rings (SSSR count). The van der Waals surface area contributed by atoms with Crippen molar-refractivity contribution < 1.29 is 14.5 Å². The van der Waals surface area contributed by atoms with Gasteiger partial charge in [-0.1, -0.05) is 12.1 Å². The van der Waals surface area contributed by atoms with E-state index in [-0.39, 0.29) is 16.8 Å². The average molecular weight is 300 g/mol. The molecule has 0 bridgehead atoms. The molecule has 0 unspecified atom stereocenters. The van der Waals surface area contributed by atoms with Crippen molar-refractivity contribution in [1.29, 1.82) is 0 Å². The van der Waals surface area contributed by atoms with E-state index >= 15 is 0 Å². The Balaban J connectivity index is 2.94. The van der Waals surface area contributed by atoms with Crippen molar-refractivity contribution in [2.24, 2.45) is 0 Å². The minimum absolute atomic E-state index is 0.0251. The summed E-state index contributed by atoms with van der Waals surface area (Å²) >= 11 is 3.06. The summed E-state index contributed by atoms with van der Waals surface area (Å²) in [7, 11) is 0. The van der Waals surface area contributed by atoms with Gasteiger partial charge in [-0.3, -0.25) is 10.1 Å². The van der Waals surface area contributed by atoms with Gasteiger partial charge in [-0.25, -0.2) is 4.79 Å². The van der Waals surface area contributed by atoms with Gasteiger partial charge in [-0.2, -0.15) is 0 Å². The minimum Gasteiger partial charge on any atom is -0.462 e. The topological polar surface area (TPSA) is 69.4 Å². The molecule has 0 aromatic heterocycles. The number of benzene rings is 1. The molecule has 0 fully saturated rings. The van der Waals surface area contributed by atoms with E-state index in [0.717, 1.165) is 0 Å². The Labute approximate surface area is 106 Å². The fourth-order valence-corrected chi connectivity index (χ4v) is 1.51.